The van der Waals surface area contributed by atoms with E-state index in [1.165, 1.54) is 18.3 Å². The van der Waals surface area contributed by atoms with E-state index < -0.39 is 23.9 Å². The van der Waals surface area contributed by atoms with Crippen LogP contribution in [0.2, 0.25) is 0 Å². The van der Waals surface area contributed by atoms with Crippen LogP contribution in [0.1, 0.15) is 6.04 Å². The summed E-state index contributed by atoms with van der Waals surface area (Å²) < 4.78 is 1.16. The number of nitrogens with two attached hydrogens (primary N) is 1. The van der Waals surface area contributed by atoms with Crippen molar-refractivity contribution in [2.75, 3.05) is 12.3 Å². The number of rotatable bonds is 2. The molecule has 1 aromatic heterocycles. The minimum Gasteiger partial charge on any atom is -0.392 e. The van der Waals surface area contributed by atoms with Gasteiger partial charge in [0.05, 0.1) is 12.6 Å². The summed E-state index contributed by atoms with van der Waals surface area (Å²) in [6, 6.07) is 0.679. The second kappa shape index (κ2) is 4.28. The van der Waals surface area contributed by atoms with Crippen molar-refractivity contribution in [2.45, 2.75) is 18.2 Å². The zero-order chi connectivity index (χ0) is 12.6. The maximum Gasteiger partial charge on any atom is 0.350 e. The topological polar surface area (TPSA) is 122 Å². The molecule has 0 saturated heterocycles. The van der Waals surface area contributed by atoms with Crippen LogP contribution in [0.25, 0.3) is 0 Å². The van der Waals surface area contributed by atoms with E-state index in [-0.39, 0.29) is 18.0 Å². The zero-order valence-electron chi connectivity index (χ0n) is 8.89. The molecule has 1 aromatic rings. The van der Waals surface area contributed by atoms with Gasteiger partial charge >= 0.3 is 5.69 Å². The van der Waals surface area contributed by atoms with Gasteiger partial charge in [-0.2, -0.15) is 4.98 Å². The Morgan fingerprint density at radius 3 is 2.71 bits per heavy atom. The van der Waals surface area contributed by atoms with E-state index in [1.807, 2.05) is 0 Å². The standard InChI is InChI=1S/C10H13N3O4/c11-7-1-2-13(10(17)12-7)6-3-5(4-14)8(15)9(6)16/h1-3,6,8-9,14-16H,4H2,(H2,11,12,17)/t6-,8-,9+/m1/s1. The molecule has 17 heavy (non-hydrogen) atoms. The average Bonchev–Trinajstić information content (AvgIpc) is 2.57. The molecule has 0 saturated carbocycles. The molecule has 0 aromatic carbocycles. The van der Waals surface area contributed by atoms with Crippen molar-refractivity contribution in [3.05, 3.63) is 34.4 Å². The van der Waals surface area contributed by atoms with Crippen LogP contribution in [0.3, 0.4) is 0 Å². The Labute approximate surface area is 96.5 Å². The summed E-state index contributed by atoms with van der Waals surface area (Å²) in [5.41, 5.74) is 5.02. The summed E-state index contributed by atoms with van der Waals surface area (Å²) in [6.45, 7) is -0.369. The molecular weight excluding hydrogens is 226 g/mol. The van der Waals surface area contributed by atoms with E-state index in [0.29, 0.717) is 0 Å². The Morgan fingerprint density at radius 2 is 2.18 bits per heavy atom. The quantitative estimate of drug-likeness (QED) is 0.444. The van der Waals surface area contributed by atoms with Gasteiger partial charge < -0.3 is 21.1 Å². The third kappa shape index (κ3) is 1.95. The minimum absolute atomic E-state index is 0.0886. The largest absolute Gasteiger partial charge is 0.392 e. The van der Waals surface area contributed by atoms with Gasteiger partial charge in [0.15, 0.2) is 0 Å². The van der Waals surface area contributed by atoms with Gasteiger partial charge in [0.2, 0.25) is 0 Å². The molecule has 0 unspecified atom stereocenters. The monoisotopic (exact) mass is 239 g/mol. The van der Waals surface area contributed by atoms with Gasteiger partial charge in [-0.05, 0) is 11.6 Å². The van der Waals surface area contributed by atoms with Crippen LogP contribution < -0.4 is 11.4 Å². The van der Waals surface area contributed by atoms with Gasteiger partial charge in [0, 0.05) is 6.20 Å². The summed E-state index contributed by atoms with van der Waals surface area (Å²) in [7, 11) is 0. The van der Waals surface area contributed by atoms with Crippen molar-refractivity contribution < 1.29 is 15.3 Å². The van der Waals surface area contributed by atoms with E-state index in [1.54, 1.807) is 0 Å². The highest BCUT2D eigenvalue weighted by Gasteiger charge is 2.35. The molecule has 5 N–H and O–H groups in total. The van der Waals surface area contributed by atoms with Crippen LogP contribution in [-0.4, -0.2) is 43.7 Å². The Morgan fingerprint density at radius 1 is 1.47 bits per heavy atom. The number of nitrogen functional groups attached to an aromatic ring is 1. The molecule has 0 aliphatic heterocycles. The van der Waals surface area contributed by atoms with Crippen LogP contribution in [0.5, 0.6) is 0 Å². The fraction of sp³-hybridized carbons (Fsp3) is 0.400. The smallest absolute Gasteiger partial charge is 0.350 e. The van der Waals surface area contributed by atoms with Gasteiger partial charge in [-0.1, -0.05) is 6.08 Å². The summed E-state index contributed by atoms with van der Waals surface area (Å²) >= 11 is 0. The molecule has 0 bridgehead atoms. The van der Waals surface area contributed by atoms with Crippen LogP contribution in [0, 0.1) is 0 Å². The van der Waals surface area contributed by atoms with Crippen LogP contribution >= 0.6 is 0 Å². The van der Waals surface area contributed by atoms with E-state index in [4.69, 9.17) is 10.8 Å². The molecule has 7 heteroatoms. The molecule has 0 amide bonds. The Kier molecular flexibility index (Phi) is 2.97. The average molecular weight is 239 g/mol. The second-order valence-electron chi connectivity index (χ2n) is 3.87. The SMILES string of the molecule is Nc1ccn([C@@H]2C=C(CO)[C@@H](O)[C@H]2O)c(=O)n1. The normalized spacial score (nSPS) is 28.2. The summed E-state index contributed by atoms with van der Waals surface area (Å²) in [5, 5.41) is 28.3. The number of aromatic nitrogens is 2. The molecule has 1 heterocycles. The van der Waals surface area contributed by atoms with Crippen molar-refractivity contribution in [1.29, 1.82) is 0 Å². The maximum atomic E-state index is 11.6. The lowest BCUT2D eigenvalue weighted by atomic mass is 10.1. The number of aliphatic hydroxyl groups is 3. The Bertz CT molecular complexity index is 511. The number of hydrogen-bond acceptors (Lipinski definition) is 6. The molecular formula is C10H13N3O4. The van der Waals surface area contributed by atoms with Gasteiger partial charge in [-0.15, -0.1) is 0 Å². The van der Waals surface area contributed by atoms with Crippen molar-refractivity contribution in [3.8, 4) is 0 Å². The zero-order valence-corrected chi connectivity index (χ0v) is 8.89. The number of hydrogen-bond donors (Lipinski definition) is 4. The molecule has 92 valence electrons. The van der Waals surface area contributed by atoms with Crippen molar-refractivity contribution in [3.63, 3.8) is 0 Å². The van der Waals surface area contributed by atoms with E-state index in [9.17, 15) is 15.0 Å². The molecule has 0 fully saturated rings. The number of nitrogens with zero attached hydrogens (tertiary/aromatic N) is 2. The first-order valence-corrected chi connectivity index (χ1v) is 5.07. The molecule has 0 radical (unpaired) electrons. The molecule has 2 rings (SSSR count). The molecule has 0 spiro atoms. The van der Waals surface area contributed by atoms with Crippen molar-refractivity contribution >= 4 is 5.82 Å². The minimum atomic E-state index is -1.18. The fourth-order valence-electron chi connectivity index (χ4n) is 1.87. The lowest BCUT2D eigenvalue weighted by Crippen LogP contribution is -2.35. The lowest BCUT2D eigenvalue weighted by molar-refractivity contribution is 0.0272. The second-order valence-corrected chi connectivity index (χ2v) is 3.87. The first-order valence-electron chi connectivity index (χ1n) is 5.07. The number of anilines is 1. The molecule has 1 aliphatic rings. The van der Waals surface area contributed by atoms with Crippen LogP contribution in [0.15, 0.2) is 28.7 Å². The van der Waals surface area contributed by atoms with E-state index >= 15 is 0 Å². The predicted molar refractivity (Wildman–Crippen MR) is 59.1 cm³/mol. The summed E-state index contributed by atoms with van der Waals surface area (Å²) in [4.78, 5) is 15.1. The Balaban J connectivity index is 2.41. The van der Waals surface area contributed by atoms with Gasteiger partial charge in [-0.25, -0.2) is 4.79 Å². The fourth-order valence-corrected chi connectivity index (χ4v) is 1.87. The van der Waals surface area contributed by atoms with Gasteiger partial charge in [-0.3, -0.25) is 4.57 Å². The van der Waals surface area contributed by atoms with Crippen molar-refractivity contribution in [1.82, 2.24) is 9.55 Å². The summed E-state index contributed by atoms with van der Waals surface area (Å²) in [5.74, 6) is 0.0886. The summed E-state index contributed by atoms with van der Waals surface area (Å²) in [6.07, 6.45) is 0.492. The Hall–Kier alpha value is -1.70. The molecule has 1 aliphatic carbocycles. The number of aliphatic hydroxyl groups excluding tert-OH is 3. The van der Waals surface area contributed by atoms with E-state index in [0.717, 1.165) is 4.57 Å². The van der Waals surface area contributed by atoms with Gasteiger partial charge in [0.1, 0.15) is 18.0 Å². The highest BCUT2D eigenvalue weighted by atomic mass is 16.3. The maximum absolute atomic E-state index is 11.6. The van der Waals surface area contributed by atoms with Crippen molar-refractivity contribution in [2.24, 2.45) is 0 Å². The molecule has 7 nitrogen and oxygen atoms in total. The first-order chi connectivity index (χ1) is 8.04. The van der Waals surface area contributed by atoms with Crippen LogP contribution in [0.4, 0.5) is 5.82 Å². The van der Waals surface area contributed by atoms with Crippen LogP contribution in [-0.2, 0) is 0 Å². The predicted octanol–water partition coefficient (Wildman–Crippen LogP) is -1.98. The highest BCUT2D eigenvalue weighted by Crippen LogP contribution is 2.27. The highest BCUT2D eigenvalue weighted by molar-refractivity contribution is 5.27. The third-order valence-electron chi connectivity index (χ3n) is 2.79. The first kappa shape index (κ1) is 11.8. The third-order valence-corrected chi connectivity index (χ3v) is 2.79. The van der Waals surface area contributed by atoms with E-state index in [2.05, 4.69) is 4.98 Å². The van der Waals surface area contributed by atoms with Gasteiger partial charge in [0.25, 0.3) is 0 Å². The lowest BCUT2D eigenvalue weighted by Gasteiger charge is -2.18. The molecule has 3 atom stereocenters.